The summed E-state index contributed by atoms with van der Waals surface area (Å²) in [5.41, 5.74) is 0.170. The number of nitrogens with zero attached hydrogens (tertiary/aromatic N) is 2. The molecule has 4 N–H and O–H groups in total. The summed E-state index contributed by atoms with van der Waals surface area (Å²) in [5.74, 6) is -2.89. The molecular formula is C7H10N2O4. The van der Waals surface area contributed by atoms with E-state index in [1.807, 2.05) is 0 Å². The molecule has 1 atom stereocenters. The van der Waals surface area contributed by atoms with Crippen molar-refractivity contribution in [1.82, 2.24) is 10.2 Å². The maximum atomic E-state index is 9.27. The van der Waals surface area contributed by atoms with Crippen LogP contribution in [0.2, 0.25) is 0 Å². The van der Waals surface area contributed by atoms with Gasteiger partial charge in [-0.25, -0.2) is 0 Å². The number of hydrogen-bond acceptors (Lipinski definition) is 6. The lowest BCUT2D eigenvalue weighted by Crippen LogP contribution is -2.29. The monoisotopic (exact) mass is 186 g/mol. The molecule has 1 rings (SSSR count). The Kier molecular flexibility index (Phi) is 2.89. The molecule has 1 aromatic rings. The normalized spacial score (nSPS) is 14.2. The Balaban J connectivity index is 2.64. The van der Waals surface area contributed by atoms with Crippen molar-refractivity contribution in [2.45, 2.75) is 18.5 Å². The molecule has 0 fully saturated rings. The summed E-state index contributed by atoms with van der Waals surface area (Å²) >= 11 is 0. The van der Waals surface area contributed by atoms with Crippen LogP contribution in [0.15, 0.2) is 18.3 Å². The van der Waals surface area contributed by atoms with Gasteiger partial charge in [0.25, 0.3) is 5.97 Å². The van der Waals surface area contributed by atoms with Gasteiger partial charge in [-0.1, -0.05) is 0 Å². The molecule has 6 heteroatoms. The van der Waals surface area contributed by atoms with E-state index in [0.717, 1.165) is 0 Å². The van der Waals surface area contributed by atoms with Gasteiger partial charge in [0, 0.05) is 6.20 Å². The topological polar surface area (TPSA) is 107 Å². The molecule has 0 spiro atoms. The van der Waals surface area contributed by atoms with Crippen LogP contribution in [0, 0.1) is 0 Å². The molecular weight excluding hydrogens is 176 g/mol. The largest absolute Gasteiger partial charge is 0.386 e. The van der Waals surface area contributed by atoms with E-state index in [0.29, 0.717) is 0 Å². The van der Waals surface area contributed by atoms with Gasteiger partial charge >= 0.3 is 0 Å². The highest BCUT2D eigenvalue weighted by Crippen LogP contribution is 2.17. The van der Waals surface area contributed by atoms with Gasteiger partial charge in [0.1, 0.15) is 6.10 Å². The molecule has 0 saturated carbocycles. The second-order valence-electron chi connectivity index (χ2n) is 2.64. The molecule has 0 saturated heterocycles. The van der Waals surface area contributed by atoms with Crippen molar-refractivity contribution < 1.29 is 20.4 Å². The first-order valence-electron chi connectivity index (χ1n) is 3.62. The first-order valence-corrected chi connectivity index (χ1v) is 3.62. The zero-order chi connectivity index (χ0) is 9.90. The Morgan fingerprint density at radius 3 is 2.54 bits per heavy atom. The third kappa shape index (κ3) is 3.43. The number of hydrogen-bond donors (Lipinski definition) is 4. The highest BCUT2D eigenvalue weighted by Gasteiger charge is 2.25. The van der Waals surface area contributed by atoms with Gasteiger partial charge in [-0.15, -0.1) is 0 Å². The number of aliphatic hydroxyl groups is 4. The van der Waals surface area contributed by atoms with Crippen molar-refractivity contribution in [3.05, 3.63) is 24.0 Å². The van der Waals surface area contributed by atoms with Crippen molar-refractivity contribution in [2.24, 2.45) is 0 Å². The van der Waals surface area contributed by atoms with Crippen LogP contribution in [-0.2, 0) is 0 Å². The highest BCUT2D eigenvalue weighted by molar-refractivity contribution is 5.02. The highest BCUT2D eigenvalue weighted by atomic mass is 16.7. The van der Waals surface area contributed by atoms with E-state index in [4.69, 9.17) is 15.3 Å². The number of aromatic nitrogens is 2. The van der Waals surface area contributed by atoms with Crippen LogP contribution in [0.5, 0.6) is 0 Å². The Bertz CT molecular complexity index is 259. The fraction of sp³-hybridized carbons (Fsp3) is 0.429. The van der Waals surface area contributed by atoms with Crippen molar-refractivity contribution in [1.29, 1.82) is 0 Å². The molecule has 1 aromatic heterocycles. The second-order valence-corrected chi connectivity index (χ2v) is 2.64. The summed E-state index contributed by atoms with van der Waals surface area (Å²) in [4.78, 5) is 0. The average Bonchev–Trinajstić information content (AvgIpc) is 2.03. The van der Waals surface area contributed by atoms with Crippen LogP contribution in [0.25, 0.3) is 0 Å². The van der Waals surface area contributed by atoms with E-state index in [1.54, 1.807) is 6.07 Å². The Hall–Kier alpha value is -1.08. The van der Waals surface area contributed by atoms with Gasteiger partial charge < -0.3 is 20.4 Å². The van der Waals surface area contributed by atoms with Crippen molar-refractivity contribution in [3.8, 4) is 0 Å². The van der Waals surface area contributed by atoms with Gasteiger partial charge in [0.05, 0.1) is 12.1 Å². The SMILES string of the molecule is OC(CC(O)(O)O)c1cccnn1. The summed E-state index contributed by atoms with van der Waals surface area (Å²) in [6.45, 7) is 0. The third-order valence-electron chi connectivity index (χ3n) is 1.40. The van der Waals surface area contributed by atoms with Crippen LogP contribution < -0.4 is 0 Å². The molecule has 0 aliphatic heterocycles. The fourth-order valence-corrected chi connectivity index (χ4v) is 0.855. The van der Waals surface area contributed by atoms with E-state index >= 15 is 0 Å². The maximum absolute atomic E-state index is 9.27. The first kappa shape index (κ1) is 10.0. The molecule has 0 aliphatic rings. The van der Waals surface area contributed by atoms with Crippen molar-refractivity contribution in [2.75, 3.05) is 0 Å². The van der Waals surface area contributed by atoms with E-state index in [1.165, 1.54) is 12.3 Å². The molecule has 1 heterocycles. The van der Waals surface area contributed by atoms with Crippen LogP contribution in [0.3, 0.4) is 0 Å². The van der Waals surface area contributed by atoms with E-state index < -0.39 is 18.5 Å². The maximum Gasteiger partial charge on any atom is 0.278 e. The standard InChI is InChI=1S/C7H10N2O4/c10-6(4-7(11,12)13)5-2-1-3-8-9-5/h1-3,6,10-13H,4H2. The smallest absolute Gasteiger partial charge is 0.278 e. The minimum Gasteiger partial charge on any atom is -0.386 e. The van der Waals surface area contributed by atoms with Crippen LogP contribution in [0.4, 0.5) is 0 Å². The minimum absolute atomic E-state index is 0.170. The lowest BCUT2D eigenvalue weighted by atomic mass is 10.1. The fourth-order valence-electron chi connectivity index (χ4n) is 0.855. The predicted octanol–water partition coefficient (Wildman–Crippen LogP) is -1.47. The zero-order valence-electron chi connectivity index (χ0n) is 6.70. The average molecular weight is 186 g/mol. The molecule has 13 heavy (non-hydrogen) atoms. The van der Waals surface area contributed by atoms with Crippen LogP contribution >= 0.6 is 0 Å². The molecule has 0 radical (unpaired) electrons. The van der Waals surface area contributed by atoms with Crippen LogP contribution in [0.1, 0.15) is 18.2 Å². The molecule has 1 unspecified atom stereocenters. The molecule has 72 valence electrons. The lowest BCUT2D eigenvalue weighted by Gasteiger charge is -2.17. The molecule has 0 bridgehead atoms. The quantitative estimate of drug-likeness (QED) is 0.429. The summed E-state index contributed by atoms with van der Waals surface area (Å²) in [5, 5.41) is 41.9. The van der Waals surface area contributed by atoms with Gasteiger partial charge in [-0.05, 0) is 12.1 Å². The van der Waals surface area contributed by atoms with E-state index in [2.05, 4.69) is 10.2 Å². The summed E-state index contributed by atoms with van der Waals surface area (Å²) in [7, 11) is 0. The Morgan fingerprint density at radius 2 is 2.08 bits per heavy atom. The molecule has 6 nitrogen and oxygen atoms in total. The van der Waals surface area contributed by atoms with Crippen molar-refractivity contribution in [3.63, 3.8) is 0 Å². The van der Waals surface area contributed by atoms with Gasteiger partial charge in [0.2, 0.25) is 0 Å². The molecule has 0 aliphatic carbocycles. The second kappa shape index (κ2) is 3.75. The zero-order valence-corrected chi connectivity index (χ0v) is 6.70. The molecule has 0 amide bonds. The summed E-state index contributed by atoms with van der Waals surface area (Å²) < 4.78 is 0. The van der Waals surface area contributed by atoms with E-state index in [9.17, 15) is 5.11 Å². The van der Waals surface area contributed by atoms with Crippen molar-refractivity contribution >= 4 is 0 Å². The summed E-state index contributed by atoms with van der Waals surface area (Å²) in [6.07, 6.45) is -0.472. The number of rotatable bonds is 3. The van der Waals surface area contributed by atoms with Gasteiger partial charge in [0.15, 0.2) is 0 Å². The van der Waals surface area contributed by atoms with Gasteiger partial charge in [-0.3, -0.25) is 0 Å². The lowest BCUT2D eigenvalue weighted by molar-refractivity contribution is -0.323. The Labute approximate surface area is 74.1 Å². The number of aliphatic hydroxyl groups excluding tert-OH is 1. The summed E-state index contributed by atoms with van der Waals surface area (Å²) in [6, 6.07) is 3.00. The minimum atomic E-state index is -2.89. The third-order valence-corrected chi connectivity index (χ3v) is 1.40. The van der Waals surface area contributed by atoms with Crippen LogP contribution in [-0.4, -0.2) is 36.6 Å². The first-order chi connectivity index (χ1) is 5.99. The van der Waals surface area contributed by atoms with E-state index in [-0.39, 0.29) is 5.69 Å². The molecule has 0 aromatic carbocycles. The Morgan fingerprint density at radius 1 is 1.38 bits per heavy atom. The van der Waals surface area contributed by atoms with Gasteiger partial charge in [-0.2, -0.15) is 10.2 Å². The predicted molar refractivity (Wildman–Crippen MR) is 41.0 cm³/mol.